The predicted octanol–water partition coefficient (Wildman–Crippen LogP) is 1.53. The Morgan fingerprint density at radius 1 is 1.18 bits per heavy atom. The summed E-state index contributed by atoms with van der Waals surface area (Å²) >= 11 is 0. The monoisotopic (exact) mass is 239 g/mol. The van der Waals surface area contributed by atoms with Gasteiger partial charge in [0.25, 0.3) is 0 Å². The van der Waals surface area contributed by atoms with Gasteiger partial charge in [-0.2, -0.15) is 0 Å². The van der Waals surface area contributed by atoms with Crippen molar-refractivity contribution >= 4 is 0 Å². The Labute approximate surface area is 106 Å². The van der Waals surface area contributed by atoms with Gasteiger partial charge in [0, 0.05) is 38.3 Å². The van der Waals surface area contributed by atoms with Crippen LogP contribution in [0.2, 0.25) is 0 Å². The fourth-order valence-corrected chi connectivity index (χ4v) is 3.45. The molecule has 100 valence electrons. The first-order valence-electron chi connectivity index (χ1n) is 7.39. The van der Waals surface area contributed by atoms with Crippen molar-refractivity contribution in [3.8, 4) is 0 Å². The van der Waals surface area contributed by atoms with E-state index in [1.807, 2.05) is 0 Å². The van der Waals surface area contributed by atoms with Gasteiger partial charge in [-0.05, 0) is 31.7 Å². The van der Waals surface area contributed by atoms with Gasteiger partial charge in [0.15, 0.2) is 0 Å². The molecule has 0 aromatic heterocycles. The Kier molecular flexibility index (Phi) is 4.83. The molecule has 0 amide bonds. The van der Waals surface area contributed by atoms with E-state index >= 15 is 0 Å². The molecule has 0 aromatic rings. The molecule has 2 aliphatic heterocycles. The quantitative estimate of drug-likeness (QED) is 0.807. The molecule has 0 aliphatic carbocycles. The lowest BCUT2D eigenvalue weighted by atomic mass is 9.96. The van der Waals surface area contributed by atoms with Gasteiger partial charge in [0.2, 0.25) is 0 Å². The molecule has 3 nitrogen and oxygen atoms in total. The van der Waals surface area contributed by atoms with Crippen LogP contribution in [-0.2, 0) is 0 Å². The number of hydrogen-bond acceptors (Lipinski definition) is 3. The van der Waals surface area contributed by atoms with Crippen molar-refractivity contribution in [1.82, 2.24) is 9.80 Å². The maximum absolute atomic E-state index is 5.96. The van der Waals surface area contributed by atoms with Crippen LogP contribution in [0.4, 0.5) is 0 Å². The van der Waals surface area contributed by atoms with Crippen LogP contribution in [0.1, 0.15) is 39.5 Å². The third-order valence-electron chi connectivity index (χ3n) is 4.40. The second kappa shape index (κ2) is 6.17. The Balaban J connectivity index is 1.89. The van der Waals surface area contributed by atoms with Crippen LogP contribution >= 0.6 is 0 Å². The van der Waals surface area contributed by atoms with Crippen LogP contribution in [0.15, 0.2) is 0 Å². The van der Waals surface area contributed by atoms with Crippen molar-refractivity contribution in [3.05, 3.63) is 0 Å². The molecule has 2 aliphatic rings. The third-order valence-corrected chi connectivity index (χ3v) is 4.40. The first-order chi connectivity index (χ1) is 8.20. The van der Waals surface area contributed by atoms with Crippen LogP contribution in [0.25, 0.3) is 0 Å². The van der Waals surface area contributed by atoms with Gasteiger partial charge in [0.1, 0.15) is 0 Å². The molecule has 0 bridgehead atoms. The maximum atomic E-state index is 5.96. The molecule has 2 N–H and O–H groups in total. The molecule has 0 aromatic carbocycles. The summed E-state index contributed by atoms with van der Waals surface area (Å²) in [5.74, 6) is 0.757. The number of nitrogens with two attached hydrogens (primary N) is 1. The first-order valence-corrected chi connectivity index (χ1v) is 7.39. The average Bonchev–Trinajstić information content (AvgIpc) is 2.35. The normalized spacial score (nSPS) is 29.3. The minimum absolute atomic E-state index is 0.610. The minimum atomic E-state index is 0.610. The van der Waals surface area contributed by atoms with Crippen LogP contribution < -0.4 is 5.73 Å². The SMILES string of the molecule is CC(C)CC(CN)N1CCN2CCCCC2C1. The Bertz CT molecular complexity index is 230. The summed E-state index contributed by atoms with van der Waals surface area (Å²) in [7, 11) is 0. The third kappa shape index (κ3) is 3.43. The highest BCUT2D eigenvalue weighted by Crippen LogP contribution is 2.23. The zero-order chi connectivity index (χ0) is 12.3. The van der Waals surface area contributed by atoms with E-state index < -0.39 is 0 Å². The van der Waals surface area contributed by atoms with E-state index in [4.69, 9.17) is 5.73 Å². The highest BCUT2D eigenvalue weighted by atomic mass is 15.3. The Morgan fingerprint density at radius 2 is 2.00 bits per heavy atom. The van der Waals surface area contributed by atoms with Crippen molar-refractivity contribution < 1.29 is 0 Å². The van der Waals surface area contributed by atoms with Crippen molar-refractivity contribution in [2.45, 2.75) is 51.6 Å². The van der Waals surface area contributed by atoms with Gasteiger partial charge in [0.05, 0.1) is 0 Å². The second-order valence-corrected chi connectivity index (χ2v) is 6.20. The fourth-order valence-electron chi connectivity index (χ4n) is 3.45. The highest BCUT2D eigenvalue weighted by Gasteiger charge is 2.31. The lowest BCUT2D eigenvalue weighted by molar-refractivity contribution is 0.0246. The van der Waals surface area contributed by atoms with Crippen molar-refractivity contribution in [2.24, 2.45) is 11.7 Å². The largest absolute Gasteiger partial charge is 0.329 e. The predicted molar refractivity (Wildman–Crippen MR) is 73.1 cm³/mol. The van der Waals surface area contributed by atoms with Gasteiger partial charge in [-0.25, -0.2) is 0 Å². The first kappa shape index (κ1) is 13.3. The summed E-state index contributed by atoms with van der Waals surface area (Å²) in [6.45, 7) is 10.5. The maximum Gasteiger partial charge on any atom is 0.0223 e. The summed E-state index contributed by atoms with van der Waals surface area (Å²) in [6, 6.07) is 1.43. The molecule has 2 fully saturated rings. The molecule has 2 saturated heterocycles. The number of rotatable bonds is 4. The summed E-state index contributed by atoms with van der Waals surface area (Å²) in [6.07, 6.45) is 5.48. The number of fused-ring (bicyclic) bond motifs is 1. The van der Waals surface area contributed by atoms with Crippen LogP contribution in [-0.4, -0.2) is 54.6 Å². The molecule has 0 radical (unpaired) electrons. The number of piperidine rings is 1. The number of nitrogens with zero attached hydrogens (tertiary/aromatic N) is 2. The van der Waals surface area contributed by atoms with Gasteiger partial charge >= 0.3 is 0 Å². The zero-order valence-electron chi connectivity index (χ0n) is 11.6. The zero-order valence-corrected chi connectivity index (χ0v) is 11.6. The minimum Gasteiger partial charge on any atom is -0.329 e. The molecule has 2 heterocycles. The topological polar surface area (TPSA) is 32.5 Å². The molecule has 2 rings (SSSR count). The lowest BCUT2D eigenvalue weighted by Crippen LogP contribution is -2.58. The summed E-state index contributed by atoms with van der Waals surface area (Å²) in [5, 5.41) is 0. The van der Waals surface area contributed by atoms with Gasteiger partial charge in [-0.15, -0.1) is 0 Å². The van der Waals surface area contributed by atoms with Crippen LogP contribution in [0.5, 0.6) is 0 Å². The fraction of sp³-hybridized carbons (Fsp3) is 1.00. The number of piperazine rings is 1. The molecular formula is C14H29N3. The standard InChI is InChI=1S/C14H29N3/c1-12(2)9-14(10-15)17-8-7-16-6-4-3-5-13(16)11-17/h12-14H,3-11,15H2,1-2H3. The van der Waals surface area contributed by atoms with Crippen LogP contribution in [0.3, 0.4) is 0 Å². The Hall–Kier alpha value is -0.120. The summed E-state index contributed by atoms with van der Waals surface area (Å²) in [4.78, 5) is 5.36. The van der Waals surface area contributed by atoms with E-state index in [9.17, 15) is 0 Å². The van der Waals surface area contributed by atoms with E-state index in [1.54, 1.807) is 0 Å². The van der Waals surface area contributed by atoms with Crippen LogP contribution in [0, 0.1) is 5.92 Å². The smallest absolute Gasteiger partial charge is 0.0223 e. The summed E-state index contributed by atoms with van der Waals surface area (Å²) in [5.41, 5.74) is 5.96. The average molecular weight is 239 g/mol. The van der Waals surface area contributed by atoms with Crippen molar-refractivity contribution in [2.75, 3.05) is 32.7 Å². The van der Waals surface area contributed by atoms with Crippen molar-refractivity contribution in [1.29, 1.82) is 0 Å². The second-order valence-electron chi connectivity index (χ2n) is 6.20. The molecule has 0 spiro atoms. The molecule has 3 heteroatoms. The van der Waals surface area contributed by atoms with E-state index in [1.165, 1.54) is 51.9 Å². The molecular weight excluding hydrogens is 210 g/mol. The summed E-state index contributed by atoms with van der Waals surface area (Å²) < 4.78 is 0. The van der Waals surface area contributed by atoms with E-state index in [2.05, 4.69) is 23.6 Å². The molecule has 2 atom stereocenters. The van der Waals surface area contributed by atoms with Gasteiger partial charge in [-0.1, -0.05) is 20.3 Å². The van der Waals surface area contributed by atoms with E-state index in [0.29, 0.717) is 6.04 Å². The highest BCUT2D eigenvalue weighted by molar-refractivity contribution is 4.88. The molecule has 17 heavy (non-hydrogen) atoms. The van der Waals surface area contributed by atoms with Gasteiger partial charge in [-0.3, -0.25) is 9.80 Å². The number of hydrogen-bond donors (Lipinski definition) is 1. The Morgan fingerprint density at radius 3 is 2.71 bits per heavy atom. The lowest BCUT2D eigenvalue weighted by Gasteiger charge is -2.46. The van der Waals surface area contributed by atoms with Gasteiger partial charge < -0.3 is 5.73 Å². The van der Waals surface area contributed by atoms with E-state index in [0.717, 1.165) is 18.5 Å². The van der Waals surface area contributed by atoms with Crippen molar-refractivity contribution in [3.63, 3.8) is 0 Å². The van der Waals surface area contributed by atoms with E-state index in [-0.39, 0.29) is 0 Å². The molecule has 0 saturated carbocycles. The molecule has 2 unspecified atom stereocenters.